The van der Waals surface area contributed by atoms with Crippen LogP contribution in [0.5, 0.6) is 0 Å². The van der Waals surface area contributed by atoms with Crippen LogP contribution in [0.25, 0.3) is 0 Å². The molecule has 1 aliphatic rings. The highest BCUT2D eigenvalue weighted by molar-refractivity contribution is 6.14. The molecule has 0 spiro atoms. The van der Waals surface area contributed by atoms with E-state index >= 15 is 0 Å². The smallest absolute Gasteiger partial charge is 0.338 e. The molecule has 0 amide bonds. The number of hydrogen-bond donors (Lipinski definition) is 0. The van der Waals surface area contributed by atoms with Crippen molar-refractivity contribution in [1.82, 2.24) is 0 Å². The molecule has 0 aliphatic heterocycles. The monoisotopic (exact) mass is 407 g/mol. The molecule has 30 heavy (non-hydrogen) atoms. The van der Waals surface area contributed by atoms with Gasteiger partial charge in [-0.05, 0) is 72.4 Å². The predicted molar refractivity (Wildman–Crippen MR) is 122 cm³/mol. The van der Waals surface area contributed by atoms with Crippen LogP contribution in [0.1, 0.15) is 85.6 Å². The summed E-state index contributed by atoms with van der Waals surface area (Å²) in [5, 5.41) is 4.37. The van der Waals surface area contributed by atoms with Crippen LogP contribution < -0.4 is 0 Å². The summed E-state index contributed by atoms with van der Waals surface area (Å²) >= 11 is 0. The van der Waals surface area contributed by atoms with Gasteiger partial charge in [0.25, 0.3) is 0 Å². The number of oxime groups is 1. The zero-order chi connectivity index (χ0) is 22.1. The molecule has 0 fully saturated rings. The molecule has 0 bridgehead atoms. The average Bonchev–Trinajstić information content (AvgIpc) is 2.70. The molecule has 2 aromatic rings. The summed E-state index contributed by atoms with van der Waals surface area (Å²) in [5.41, 5.74) is 7.51. The van der Waals surface area contributed by atoms with Gasteiger partial charge < -0.3 is 9.57 Å². The number of rotatable bonds is 5. The minimum absolute atomic E-state index is 0.110. The molecule has 4 heteroatoms. The lowest BCUT2D eigenvalue weighted by atomic mass is 9.62. The second kappa shape index (κ2) is 8.25. The van der Waals surface area contributed by atoms with Crippen LogP contribution >= 0.6 is 0 Å². The summed E-state index contributed by atoms with van der Waals surface area (Å²) in [5.74, 6) is -0.316. The minimum Gasteiger partial charge on any atom is -0.462 e. The molecule has 0 unspecified atom stereocenters. The maximum absolute atomic E-state index is 12.0. The average molecular weight is 408 g/mol. The zero-order valence-corrected chi connectivity index (χ0v) is 19.3. The Labute approximate surface area is 180 Å². The number of esters is 1. The van der Waals surface area contributed by atoms with Crippen molar-refractivity contribution >= 4 is 11.7 Å². The largest absolute Gasteiger partial charge is 0.462 e. The van der Waals surface area contributed by atoms with Crippen LogP contribution in [-0.2, 0) is 20.4 Å². The van der Waals surface area contributed by atoms with Crippen LogP contribution in [0, 0.1) is 6.92 Å². The summed E-state index contributed by atoms with van der Waals surface area (Å²) in [6.07, 6.45) is 2.33. The molecule has 0 saturated carbocycles. The lowest BCUT2D eigenvalue weighted by molar-refractivity contribution is 0.0526. The molecule has 4 nitrogen and oxygen atoms in total. The van der Waals surface area contributed by atoms with E-state index in [2.05, 4.69) is 51.9 Å². The quantitative estimate of drug-likeness (QED) is 0.351. The summed E-state index contributed by atoms with van der Waals surface area (Å²) < 4.78 is 5.09. The fraction of sp³-hybridized carbons (Fsp3) is 0.462. The summed E-state index contributed by atoms with van der Waals surface area (Å²) in [6, 6.07) is 12.0. The highest BCUT2D eigenvalue weighted by Gasteiger charge is 2.37. The van der Waals surface area contributed by atoms with Crippen molar-refractivity contribution < 1.29 is 14.4 Å². The molecule has 1 aliphatic carbocycles. The van der Waals surface area contributed by atoms with Gasteiger partial charge in [-0.15, -0.1) is 0 Å². The van der Waals surface area contributed by atoms with E-state index in [4.69, 9.17) is 9.57 Å². The summed E-state index contributed by atoms with van der Waals surface area (Å²) in [4.78, 5) is 17.2. The number of nitrogens with zero attached hydrogens (tertiary/aromatic N) is 1. The summed E-state index contributed by atoms with van der Waals surface area (Å²) in [7, 11) is 1.56. The molecule has 0 aromatic heterocycles. The molecule has 0 N–H and O–H groups in total. The second-order valence-corrected chi connectivity index (χ2v) is 9.40. The molecule has 0 saturated heterocycles. The molecule has 160 valence electrons. The van der Waals surface area contributed by atoms with E-state index < -0.39 is 0 Å². The third kappa shape index (κ3) is 4.14. The highest BCUT2D eigenvalue weighted by Crippen LogP contribution is 2.46. The second-order valence-electron chi connectivity index (χ2n) is 9.40. The van der Waals surface area contributed by atoms with Gasteiger partial charge in [-0.1, -0.05) is 51.0 Å². The normalized spacial score (nSPS) is 17.2. The van der Waals surface area contributed by atoms with Gasteiger partial charge in [-0.3, -0.25) is 0 Å². The number of aryl methyl sites for hydroxylation is 1. The number of ether oxygens (including phenoxy) is 1. The van der Waals surface area contributed by atoms with Gasteiger partial charge in [-0.25, -0.2) is 4.79 Å². The molecule has 0 heterocycles. The lowest BCUT2D eigenvalue weighted by Crippen LogP contribution is -2.34. The Balaban J connectivity index is 2.10. The lowest BCUT2D eigenvalue weighted by Gasteiger charge is -2.42. The van der Waals surface area contributed by atoms with Gasteiger partial charge in [0.1, 0.15) is 12.8 Å². The van der Waals surface area contributed by atoms with Crippen LogP contribution in [0.3, 0.4) is 0 Å². The first-order valence-corrected chi connectivity index (χ1v) is 10.7. The molecule has 2 aromatic carbocycles. The number of carbonyl (C=O) groups is 1. The Kier molecular flexibility index (Phi) is 6.07. The Morgan fingerprint density at radius 1 is 0.967 bits per heavy atom. The van der Waals surface area contributed by atoms with Gasteiger partial charge in [0.15, 0.2) is 0 Å². The van der Waals surface area contributed by atoms with Crippen molar-refractivity contribution in [3.63, 3.8) is 0 Å². The first-order valence-electron chi connectivity index (χ1n) is 10.7. The Bertz CT molecular complexity index is 969. The third-order valence-electron chi connectivity index (χ3n) is 6.30. The number of fused-ring (bicyclic) bond motifs is 1. The van der Waals surface area contributed by atoms with E-state index in [1.54, 1.807) is 26.2 Å². The van der Waals surface area contributed by atoms with E-state index in [0.29, 0.717) is 12.2 Å². The Morgan fingerprint density at radius 2 is 1.50 bits per heavy atom. The van der Waals surface area contributed by atoms with Gasteiger partial charge in [0.2, 0.25) is 0 Å². The minimum atomic E-state index is -0.316. The number of benzene rings is 2. The SMILES string of the molecule is CCOC(=O)c1ccc(C(=NOC)c2cc3c(cc2C)C(C)(C)CCC3(C)C)cc1. The molecule has 3 rings (SSSR count). The van der Waals surface area contributed by atoms with Crippen LogP contribution in [0.4, 0.5) is 0 Å². The molecular formula is C26H33NO3. The van der Waals surface area contributed by atoms with Crippen LogP contribution in [0.2, 0.25) is 0 Å². The van der Waals surface area contributed by atoms with Crippen molar-refractivity contribution in [3.05, 3.63) is 69.8 Å². The van der Waals surface area contributed by atoms with E-state index in [0.717, 1.165) is 23.3 Å². The van der Waals surface area contributed by atoms with Crippen molar-refractivity contribution in [2.45, 2.75) is 65.2 Å². The van der Waals surface area contributed by atoms with Gasteiger partial charge in [-0.2, -0.15) is 0 Å². The van der Waals surface area contributed by atoms with Crippen molar-refractivity contribution in [2.75, 3.05) is 13.7 Å². The van der Waals surface area contributed by atoms with E-state index in [1.165, 1.54) is 23.1 Å². The molecule has 0 atom stereocenters. The zero-order valence-electron chi connectivity index (χ0n) is 19.3. The van der Waals surface area contributed by atoms with Crippen molar-refractivity contribution in [1.29, 1.82) is 0 Å². The topological polar surface area (TPSA) is 47.9 Å². The van der Waals surface area contributed by atoms with Crippen LogP contribution in [-0.4, -0.2) is 25.4 Å². The summed E-state index contributed by atoms with van der Waals surface area (Å²) in [6.45, 7) is 13.6. The number of hydrogen-bond acceptors (Lipinski definition) is 4. The van der Waals surface area contributed by atoms with Gasteiger partial charge in [0.05, 0.1) is 12.2 Å². The van der Waals surface area contributed by atoms with E-state index in [9.17, 15) is 4.79 Å². The fourth-order valence-corrected chi connectivity index (χ4v) is 4.30. The Hall–Kier alpha value is -2.62. The van der Waals surface area contributed by atoms with Crippen molar-refractivity contribution in [2.24, 2.45) is 5.16 Å². The fourth-order valence-electron chi connectivity index (χ4n) is 4.30. The first-order chi connectivity index (χ1) is 14.1. The molecular weight excluding hydrogens is 374 g/mol. The van der Waals surface area contributed by atoms with Gasteiger partial charge in [0, 0.05) is 11.1 Å². The van der Waals surface area contributed by atoms with Crippen LogP contribution in [0.15, 0.2) is 41.6 Å². The van der Waals surface area contributed by atoms with Crippen molar-refractivity contribution in [3.8, 4) is 0 Å². The predicted octanol–water partition coefficient (Wildman–Crippen LogP) is 5.92. The first kappa shape index (κ1) is 22.1. The third-order valence-corrected chi connectivity index (χ3v) is 6.30. The number of carbonyl (C=O) groups excluding carboxylic acids is 1. The van der Waals surface area contributed by atoms with Gasteiger partial charge >= 0.3 is 5.97 Å². The molecule has 0 radical (unpaired) electrons. The maximum Gasteiger partial charge on any atom is 0.338 e. The standard InChI is InChI=1S/C26H33NO3/c1-8-30-24(28)19-11-9-18(10-12-19)23(27-29-7)20-16-22-21(15-17(20)2)25(3,4)13-14-26(22,5)6/h9-12,15-16H,8,13-14H2,1-7H3. The Morgan fingerprint density at radius 3 is 2.03 bits per heavy atom. The van der Waals surface area contributed by atoms with E-state index in [-0.39, 0.29) is 16.8 Å². The maximum atomic E-state index is 12.0. The highest BCUT2D eigenvalue weighted by atomic mass is 16.6. The van der Waals surface area contributed by atoms with E-state index in [1.807, 2.05) is 12.1 Å².